The summed E-state index contributed by atoms with van der Waals surface area (Å²) in [5.41, 5.74) is 1.47. The highest BCUT2D eigenvalue weighted by molar-refractivity contribution is 6.31. The molecule has 0 atom stereocenters. The van der Waals surface area contributed by atoms with Gasteiger partial charge in [0, 0.05) is 30.3 Å². The van der Waals surface area contributed by atoms with Crippen LogP contribution in [0.25, 0.3) is 0 Å². The maximum absolute atomic E-state index is 12.3. The Morgan fingerprint density at radius 2 is 2.05 bits per heavy atom. The molecule has 0 radical (unpaired) electrons. The Balaban J connectivity index is 1.91. The number of likely N-dealkylation sites (tertiary alicyclic amines) is 1. The SMILES string of the molecule is CCCNc1ccc(Cl)cc1C(=O)NCCN1CCCC1. The molecule has 0 bridgehead atoms. The summed E-state index contributed by atoms with van der Waals surface area (Å²) in [6.45, 7) is 6.84. The van der Waals surface area contributed by atoms with Crippen LogP contribution >= 0.6 is 11.6 Å². The molecule has 1 aromatic carbocycles. The van der Waals surface area contributed by atoms with Gasteiger partial charge in [-0.15, -0.1) is 0 Å². The van der Waals surface area contributed by atoms with Crippen LogP contribution in [0.1, 0.15) is 36.5 Å². The van der Waals surface area contributed by atoms with E-state index >= 15 is 0 Å². The highest BCUT2D eigenvalue weighted by atomic mass is 35.5. The van der Waals surface area contributed by atoms with E-state index in [1.165, 1.54) is 12.8 Å². The van der Waals surface area contributed by atoms with Crippen LogP contribution in [0.15, 0.2) is 18.2 Å². The number of carbonyl (C=O) groups excluding carboxylic acids is 1. The smallest absolute Gasteiger partial charge is 0.253 e. The Kier molecular flexibility index (Phi) is 6.33. The number of nitrogens with zero attached hydrogens (tertiary/aromatic N) is 1. The molecular formula is C16H24ClN3O. The van der Waals surface area contributed by atoms with Gasteiger partial charge in [-0.3, -0.25) is 4.79 Å². The summed E-state index contributed by atoms with van der Waals surface area (Å²) in [6, 6.07) is 5.40. The fourth-order valence-electron chi connectivity index (χ4n) is 2.55. The highest BCUT2D eigenvalue weighted by Gasteiger charge is 2.14. The van der Waals surface area contributed by atoms with Crippen LogP contribution in [0.3, 0.4) is 0 Å². The topological polar surface area (TPSA) is 44.4 Å². The monoisotopic (exact) mass is 309 g/mol. The largest absolute Gasteiger partial charge is 0.384 e. The van der Waals surface area contributed by atoms with Crippen molar-refractivity contribution in [3.05, 3.63) is 28.8 Å². The number of rotatable bonds is 7. The first-order chi connectivity index (χ1) is 10.2. The van der Waals surface area contributed by atoms with Gasteiger partial charge in [0.2, 0.25) is 0 Å². The van der Waals surface area contributed by atoms with Gasteiger partial charge in [-0.05, 0) is 50.6 Å². The first-order valence-electron chi connectivity index (χ1n) is 7.74. The summed E-state index contributed by atoms with van der Waals surface area (Å²) in [6.07, 6.45) is 3.55. The van der Waals surface area contributed by atoms with E-state index in [1.54, 1.807) is 12.1 Å². The molecule has 21 heavy (non-hydrogen) atoms. The molecule has 0 saturated carbocycles. The third kappa shape index (κ3) is 4.90. The van der Waals surface area contributed by atoms with E-state index in [1.807, 2.05) is 6.07 Å². The quantitative estimate of drug-likeness (QED) is 0.814. The standard InChI is InChI=1S/C16H24ClN3O/c1-2-7-18-15-6-5-13(17)12-14(15)16(21)19-8-11-20-9-3-4-10-20/h5-6,12,18H,2-4,7-11H2,1H3,(H,19,21). The zero-order valence-corrected chi connectivity index (χ0v) is 13.4. The van der Waals surface area contributed by atoms with Crippen molar-refractivity contribution in [2.24, 2.45) is 0 Å². The normalized spacial score (nSPS) is 15.1. The molecule has 1 heterocycles. The van der Waals surface area contributed by atoms with Crippen molar-refractivity contribution in [1.29, 1.82) is 0 Å². The summed E-state index contributed by atoms with van der Waals surface area (Å²) in [5, 5.41) is 6.85. The molecule has 2 N–H and O–H groups in total. The van der Waals surface area contributed by atoms with Crippen molar-refractivity contribution in [1.82, 2.24) is 10.2 Å². The van der Waals surface area contributed by atoms with Crippen LogP contribution in [0.4, 0.5) is 5.69 Å². The predicted molar refractivity (Wildman–Crippen MR) is 88.2 cm³/mol. The van der Waals surface area contributed by atoms with E-state index in [0.717, 1.165) is 38.3 Å². The molecule has 1 aliphatic rings. The van der Waals surface area contributed by atoms with Gasteiger partial charge in [0.05, 0.1) is 5.56 Å². The molecule has 1 amide bonds. The van der Waals surface area contributed by atoms with Crippen molar-refractivity contribution in [3.63, 3.8) is 0 Å². The van der Waals surface area contributed by atoms with E-state index < -0.39 is 0 Å². The van der Waals surface area contributed by atoms with Crippen LogP contribution in [-0.2, 0) is 0 Å². The molecular weight excluding hydrogens is 286 g/mol. The Morgan fingerprint density at radius 1 is 1.29 bits per heavy atom. The zero-order valence-electron chi connectivity index (χ0n) is 12.6. The lowest BCUT2D eigenvalue weighted by Crippen LogP contribution is -2.33. The summed E-state index contributed by atoms with van der Waals surface area (Å²) in [5.74, 6) is -0.0599. The summed E-state index contributed by atoms with van der Waals surface area (Å²) >= 11 is 6.02. The van der Waals surface area contributed by atoms with Crippen molar-refractivity contribution in [2.75, 3.05) is 38.0 Å². The Hall–Kier alpha value is -1.26. The minimum Gasteiger partial charge on any atom is -0.384 e. The number of halogens is 1. The Morgan fingerprint density at radius 3 is 2.76 bits per heavy atom. The molecule has 1 aromatic rings. The number of hydrogen-bond acceptors (Lipinski definition) is 3. The fourth-order valence-corrected chi connectivity index (χ4v) is 2.72. The minimum absolute atomic E-state index is 0.0599. The van der Waals surface area contributed by atoms with Gasteiger partial charge in [-0.2, -0.15) is 0 Å². The van der Waals surface area contributed by atoms with Gasteiger partial charge in [-0.25, -0.2) is 0 Å². The lowest BCUT2D eigenvalue weighted by molar-refractivity contribution is 0.0950. The number of nitrogens with one attached hydrogen (secondary N) is 2. The molecule has 0 aliphatic carbocycles. The van der Waals surface area contributed by atoms with Crippen LogP contribution < -0.4 is 10.6 Å². The summed E-state index contributed by atoms with van der Waals surface area (Å²) < 4.78 is 0. The number of hydrogen-bond donors (Lipinski definition) is 2. The number of carbonyl (C=O) groups is 1. The molecule has 1 fully saturated rings. The number of anilines is 1. The molecule has 4 nitrogen and oxygen atoms in total. The van der Waals surface area contributed by atoms with Gasteiger partial charge in [0.15, 0.2) is 0 Å². The van der Waals surface area contributed by atoms with Crippen LogP contribution in [-0.4, -0.2) is 43.5 Å². The second kappa shape index (κ2) is 8.25. The van der Waals surface area contributed by atoms with E-state index in [2.05, 4.69) is 22.5 Å². The van der Waals surface area contributed by atoms with E-state index in [4.69, 9.17) is 11.6 Å². The maximum atomic E-state index is 12.3. The summed E-state index contributed by atoms with van der Waals surface area (Å²) in [4.78, 5) is 14.7. The first kappa shape index (κ1) is 16.1. The van der Waals surface area contributed by atoms with Gasteiger partial charge in [-0.1, -0.05) is 18.5 Å². The second-order valence-corrected chi connectivity index (χ2v) is 5.86. The third-order valence-corrected chi connectivity index (χ3v) is 3.94. The van der Waals surface area contributed by atoms with Crippen LogP contribution in [0.5, 0.6) is 0 Å². The fraction of sp³-hybridized carbons (Fsp3) is 0.562. The second-order valence-electron chi connectivity index (χ2n) is 5.42. The van der Waals surface area contributed by atoms with E-state index in [9.17, 15) is 4.79 Å². The Labute approximate surface area is 131 Å². The van der Waals surface area contributed by atoms with Gasteiger partial charge < -0.3 is 15.5 Å². The number of benzene rings is 1. The highest BCUT2D eigenvalue weighted by Crippen LogP contribution is 2.20. The van der Waals surface area contributed by atoms with Gasteiger partial charge >= 0.3 is 0 Å². The molecule has 0 aromatic heterocycles. The third-order valence-electron chi connectivity index (χ3n) is 3.70. The molecule has 0 spiro atoms. The molecule has 116 valence electrons. The van der Waals surface area contributed by atoms with E-state index in [-0.39, 0.29) is 5.91 Å². The Bertz CT molecular complexity index is 473. The minimum atomic E-state index is -0.0599. The average molecular weight is 310 g/mol. The van der Waals surface area contributed by atoms with E-state index in [0.29, 0.717) is 17.1 Å². The lowest BCUT2D eigenvalue weighted by Gasteiger charge is -2.16. The average Bonchev–Trinajstić information content (AvgIpc) is 2.99. The molecule has 5 heteroatoms. The van der Waals surface area contributed by atoms with Crippen molar-refractivity contribution >= 4 is 23.2 Å². The molecule has 0 unspecified atom stereocenters. The predicted octanol–water partition coefficient (Wildman–Crippen LogP) is 2.99. The number of amides is 1. The van der Waals surface area contributed by atoms with Crippen molar-refractivity contribution in [3.8, 4) is 0 Å². The van der Waals surface area contributed by atoms with Crippen molar-refractivity contribution in [2.45, 2.75) is 26.2 Å². The molecule has 2 rings (SSSR count). The van der Waals surface area contributed by atoms with Gasteiger partial charge in [0.25, 0.3) is 5.91 Å². The van der Waals surface area contributed by atoms with Crippen molar-refractivity contribution < 1.29 is 4.79 Å². The molecule has 1 saturated heterocycles. The molecule has 1 aliphatic heterocycles. The van der Waals surface area contributed by atoms with Crippen LogP contribution in [0.2, 0.25) is 5.02 Å². The van der Waals surface area contributed by atoms with Gasteiger partial charge in [0.1, 0.15) is 0 Å². The summed E-state index contributed by atoms with van der Waals surface area (Å²) in [7, 11) is 0. The maximum Gasteiger partial charge on any atom is 0.253 e. The zero-order chi connectivity index (χ0) is 15.1. The first-order valence-corrected chi connectivity index (χ1v) is 8.12. The van der Waals surface area contributed by atoms with Crippen LogP contribution in [0, 0.1) is 0 Å². The lowest BCUT2D eigenvalue weighted by atomic mass is 10.1.